The van der Waals surface area contributed by atoms with Gasteiger partial charge in [0.05, 0.1) is 4.88 Å². The quantitative estimate of drug-likeness (QED) is 0.897. The molecule has 2 atom stereocenters. The highest BCUT2D eigenvalue weighted by Crippen LogP contribution is 2.33. The van der Waals surface area contributed by atoms with Crippen molar-refractivity contribution >= 4 is 28.8 Å². The number of fused-ring (bicyclic) bond motifs is 3. The maximum absolute atomic E-state index is 12.6. The van der Waals surface area contributed by atoms with Crippen LogP contribution in [0.3, 0.4) is 0 Å². The second kappa shape index (κ2) is 6.38. The predicted molar refractivity (Wildman–Crippen MR) is 90.9 cm³/mol. The standard InChI is InChI=1S/C16H18ClN3O3S/c1-9-14(10-4-6-20(9)7-5-10)19-15(21)11-2-3-13(24-11)23-16-18-12(17)8-22-16/h2-3,8-10,14H,4-7H2,1H3,(H,19,21). The molecule has 3 fully saturated rings. The largest absolute Gasteiger partial charge is 0.416 e. The van der Waals surface area contributed by atoms with Crippen molar-refractivity contribution in [2.24, 2.45) is 5.92 Å². The smallest absolute Gasteiger partial charge is 0.401 e. The lowest BCUT2D eigenvalue weighted by molar-refractivity contribution is 0.0218. The van der Waals surface area contributed by atoms with Gasteiger partial charge in [0.2, 0.25) is 0 Å². The number of carbonyl (C=O) groups excluding carboxylic acids is 1. The van der Waals surface area contributed by atoms with E-state index in [1.54, 1.807) is 12.1 Å². The average Bonchev–Trinajstić information content (AvgIpc) is 3.21. The number of amides is 1. The van der Waals surface area contributed by atoms with E-state index in [4.69, 9.17) is 20.8 Å². The van der Waals surface area contributed by atoms with Gasteiger partial charge in [-0.25, -0.2) is 0 Å². The maximum atomic E-state index is 12.6. The zero-order valence-electron chi connectivity index (χ0n) is 13.2. The second-order valence-corrected chi connectivity index (χ2v) is 7.70. The molecule has 5 rings (SSSR count). The predicted octanol–water partition coefficient (Wildman–Crippen LogP) is 3.39. The molecule has 0 spiro atoms. The number of oxazole rings is 1. The van der Waals surface area contributed by atoms with E-state index >= 15 is 0 Å². The molecule has 3 saturated heterocycles. The van der Waals surface area contributed by atoms with E-state index in [1.807, 2.05) is 0 Å². The van der Waals surface area contributed by atoms with E-state index in [1.165, 1.54) is 30.4 Å². The molecule has 8 heteroatoms. The van der Waals surface area contributed by atoms with E-state index in [-0.39, 0.29) is 23.2 Å². The average molecular weight is 368 g/mol. The van der Waals surface area contributed by atoms with Crippen LogP contribution in [0.2, 0.25) is 5.15 Å². The minimum atomic E-state index is -0.0501. The van der Waals surface area contributed by atoms with Crippen molar-refractivity contribution in [2.45, 2.75) is 31.8 Å². The van der Waals surface area contributed by atoms with Gasteiger partial charge in [0.15, 0.2) is 10.2 Å². The molecule has 1 amide bonds. The number of nitrogens with zero attached hydrogens (tertiary/aromatic N) is 2. The SMILES string of the molecule is CC1C(NC(=O)c2ccc(Oc3nc(Cl)co3)s2)C2CCN1CC2. The molecular formula is C16H18ClN3O3S. The van der Waals surface area contributed by atoms with Crippen LogP contribution in [-0.2, 0) is 0 Å². The summed E-state index contributed by atoms with van der Waals surface area (Å²) in [6.07, 6.45) is 3.70. The monoisotopic (exact) mass is 367 g/mol. The molecule has 0 radical (unpaired) electrons. The van der Waals surface area contributed by atoms with E-state index in [0.717, 1.165) is 13.1 Å². The van der Waals surface area contributed by atoms with Crippen molar-refractivity contribution in [3.05, 3.63) is 28.4 Å². The Morgan fingerprint density at radius 1 is 1.46 bits per heavy atom. The highest BCUT2D eigenvalue weighted by molar-refractivity contribution is 7.15. The van der Waals surface area contributed by atoms with Crippen molar-refractivity contribution in [1.82, 2.24) is 15.2 Å². The number of hydrogen-bond donors (Lipinski definition) is 1. The van der Waals surface area contributed by atoms with Crippen LogP contribution in [0, 0.1) is 5.92 Å². The van der Waals surface area contributed by atoms with E-state index in [0.29, 0.717) is 21.9 Å². The Bertz CT molecular complexity index is 737. The molecule has 0 aromatic carbocycles. The van der Waals surface area contributed by atoms with Crippen LogP contribution in [-0.4, -0.2) is 41.0 Å². The van der Waals surface area contributed by atoms with Crippen molar-refractivity contribution in [3.63, 3.8) is 0 Å². The third kappa shape index (κ3) is 3.03. The first-order valence-electron chi connectivity index (χ1n) is 8.04. The molecular weight excluding hydrogens is 350 g/mol. The Morgan fingerprint density at radius 2 is 2.25 bits per heavy atom. The Balaban J connectivity index is 1.41. The first-order chi connectivity index (χ1) is 11.6. The number of halogens is 1. The molecule has 128 valence electrons. The summed E-state index contributed by atoms with van der Waals surface area (Å²) in [5, 5.41) is 3.99. The lowest BCUT2D eigenvalue weighted by Crippen LogP contribution is -2.62. The van der Waals surface area contributed by atoms with Gasteiger partial charge in [-0.1, -0.05) is 22.9 Å². The fourth-order valence-electron chi connectivity index (χ4n) is 3.64. The van der Waals surface area contributed by atoms with Crippen LogP contribution in [0.15, 0.2) is 22.8 Å². The highest BCUT2D eigenvalue weighted by Gasteiger charge is 2.40. The number of ether oxygens (including phenoxy) is 1. The molecule has 5 heterocycles. The van der Waals surface area contributed by atoms with Gasteiger partial charge in [-0.3, -0.25) is 9.69 Å². The zero-order valence-corrected chi connectivity index (χ0v) is 14.8. The van der Waals surface area contributed by atoms with Gasteiger partial charge in [0, 0.05) is 12.1 Å². The number of aromatic nitrogens is 1. The fourth-order valence-corrected chi connectivity index (χ4v) is 4.50. The number of nitrogens with one attached hydrogen (secondary N) is 1. The van der Waals surface area contributed by atoms with Crippen LogP contribution >= 0.6 is 22.9 Å². The summed E-state index contributed by atoms with van der Waals surface area (Å²) in [5.41, 5.74) is 0. The molecule has 0 saturated carbocycles. The minimum Gasteiger partial charge on any atom is -0.416 e. The lowest BCUT2D eigenvalue weighted by atomic mass is 9.79. The first-order valence-corrected chi connectivity index (χ1v) is 9.23. The van der Waals surface area contributed by atoms with Crippen molar-refractivity contribution < 1.29 is 13.9 Å². The topological polar surface area (TPSA) is 67.6 Å². The normalized spacial score (nSPS) is 28.8. The molecule has 24 heavy (non-hydrogen) atoms. The van der Waals surface area contributed by atoms with Crippen molar-refractivity contribution in [3.8, 4) is 11.1 Å². The summed E-state index contributed by atoms with van der Waals surface area (Å²) in [6.45, 7) is 4.49. The summed E-state index contributed by atoms with van der Waals surface area (Å²) < 4.78 is 10.5. The first kappa shape index (κ1) is 15.9. The molecule has 2 aromatic rings. The fraction of sp³-hybridized carbons (Fsp3) is 0.500. The number of piperidine rings is 3. The molecule has 2 unspecified atom stereocenters. The second-order valence-electron chi connectivity index (χ2n) is 6.27. The number of thiophene rings is 1. The molecule has 1 N–H and O–H groups in total. The molecule has 3 aliphatic heterocycles. The Labute approximate surface area is 148 Å². The third-order valence-corrected chi connectivity index (χ3v) is 6.06. The Kier molecular flexibility index (Phi) is 4.24. The minimum absolute atomic E-state index is 0.0501. The molecule has 0 aliphatic carbocycles. The maximum Gasteiger partial charge on any atom is 0.401 e. The summed E-state index contributed by atoms with van der Waals surface area (Å²) in [5.74, 6) is 0.532. The summed E-state index contributed by atoms with van der Waals surface area (Å²) in [6, 6.07) is 4.10. The number of hydrogen-bond acceptors (Lipinski definition) is 6. The summed E-state index contributed by atoms with van der Waals surface area (Å²) in [4.78, 5) is 19.5. The van der Waals surface area contributed by atoms with E-state index in [2.05, 4.69) is 22.1 Å². The van der Waals surface area contributed by atoms with Gasteiger partial charge in [0.25, 0.3) is 5.91 Å². The molecule has 3 aliphatic rings. The van der Waals surface area contributed by atoms with Crippen LogP contribution < -0.4 is 10.1 Å². The number of rotatable bonds is 4. The van der Waals surface area contributed by atoms with Gasteiger partial charge >= 0.3 is 6.08 Å². The molecule has 2 bridgehead atoms. The van der Waals surface area contributed by atoms with Crippen molar-refractivity contribution in [2.75, 3.05) is 13.1 Å². The van der Waals surface area contributed by atoms with Gasteiger partial charge in [-0.2, -0.15) is 4.98 Å². The van der Waals surface area contributed by atoms with Crippen LogP contribution in [0.4, 0.5) is 0 Å². The Morgan fingerprint density at radius 3 is 2.92 bits per heavy atom. The van der Waals surface area contributed by atoms with Crippen molar-refractivity contribution in [1.29, 1.82) is 0 Å². The number of carbonyl (C=O) groups is 1. The van der Waals surface area contributed by atoms with Gasteiger partial charge in [-0.15, -0.1) is 0 Å². The summed E-state index contributed by atoms with van der Waals surface area (Å²) in [7, 11) is 0. The van der Waals surface area contributed by atoms with Gasteiger partial charge < -0.3 is 14.5 Å². The van der Waals surface area contributed by atoms with Crippen LogP contribution in [0.25, 0.3) is 0 Å². The van der Waals surface area contributed by atoms with E-state index in [9.17, 15) is 4.79 Å². The third-order valence-electron chi connectivity index (χ3n) is 4.92. The van der Waals surface area contributed by atoms with E-state index < -0.39 is 0 Å². The van der Waals surface area contributed by atoms with Crippen LogP contribution in [0.5, 0.6) is 11.1 Å². The summed E-state index contributed by atoms with van der Waals surface area (Å²) >= 11 is 6.95. The Hall–Kier alpha value is -1.57. The van der Waals surface area contributed by atoms with Gasteiger partial charge in [0.1, 0.15) is 6.26 Å². The molecule has 6 nitrogen and oxygen atoms in total. The molecule has 2 aromatic heterocycles. The zero-order chi connectivity index (χ0) is 16.7. The lowest BCUT2D eigenvalue weighted by Gasteiger charge is -2.49. The van der Waals surface area contributed by atoms with Gasteiger partial charge in [-0.05, 0) is 50.9 Å². The highest BCUT2D eigenvalue weighted by atomic mass is 35.5. The van der Waals surface area contributed by atoms with Crippen LogP contribution in [0.1, 0.15) is 29.4 Å².